The van der Waals surface area contributed by atoms with Gasteiger partial charge in [0, 0.05) is 18.4 Å². The Hall–Kier alpha value is -3.67. The van der Waals surface area contributed by atoms with Gasteiger partial charge in [0.05, 0.1) is 33.8 Å². The Labute approximate surface area is 224 Å². The third kappa shape index (κ3) is 3.87. The van der Waals surface area contributed by atoms with E-state index < -0.39 is 26.9 Å². The van der Waals surface area contributed by atoms with E-state index >= 15 is 0 Å². The van der Waals surface area contributed by atoms with Gasteiger partial charge in [0.25, 0.3) is 5.95 Å². The minimum Gasteiger partial charge on any atom is -0.229 e. The number of fused-ring (bicyclic) bond motifs is 5. The van der Waals surface area contributed by atoms with Gasteiger partial charge in [-0.2, -0.15) is 9.78 Å². The number of benzene rings is 1. The van der Waals surface area contributed by atoms with E-state index in [0.717, 1.165) is 29.8 Å². The van der Waals surface area contributed by atoms with Crippen molar-refractivity contribution in [1.82, 2.24) is 34.9 Å². The molecule has 2 aliphatic rings. The summed E-state index contributed by atoms with van der Waals surface area (Å²) in [6, 6.07) is 7.39. The smallest absolute Gasteiger partial charge is 0.229 e. The summed E-state index contributed by atoms with van der Waals surface area (Å²) in [6.07, 6.45) is 4.99. The Bertz CT molecular complexity index is 1690. The first-order valence-corrected chi connectivity index (χ1v) is 14.7. The molecule has 1 fully saturated rings. The average molecular weight is 552 g/mol. The molecule has 0 amide bonds. The lowest BCUT2D eigenvalue weighted by atomic mass is 9.66. The number of halogens is 2. The lowest BCUT2D eigenvalue weighted by Crippen LogP contribution is -2.38. The normalized spacial score (nSPS) is 21.3. The molecule has 6 rings (SSSR count). The molecule has 4 aromatic rings. The van der Waals surface area contributed by atoms with Gasteiger partial charge in [-0.05, 0) is 54.0 Å². The summed E-state index contributed by atoms with van der Waals surface area (Å²) in [4.78, 5) is 13.5. The molecule has 1 aromatic carbocycles. The lowest BCUT2D eigenvalue weighted by molar-refractivity contribution is 0.242. The van der Waals surface area contributed by atoms with Crippen molar-refractivity contribution in [3.63, 3.8) is 0 Å². The van der Waals surface area contributed by atoms with Crippen molar-refractivity contribution in [3.8, 4) is 17.2 Å². The number of aromatic nitrogens is 7. The third-order valence-electron chi connectivity index (χ3n) is 8.50. The molecular weight excluding hydrogens is 524 g/mol. The Balaban J connectivity index is 1.39. The fourth-order valence-electron chi connectivity index (χ4n) is 6.35. The van der Waals surface area contributed by atoms with Crippen molar-refractivity contribution < 1.29 is 17.2 Å². The van der Waals surface area contributed by atoms with E-state index in [1.807, 2.05) is 6.07 Å². The van der Waals surface area contributed by atoms with Crippen molar-refractivity contribution in [2.24, 2.45) is 5.41 Å². The van der Waals surface area contributed by atoms with Crippen molar-refractivity contribution in [1.29, 1.82) is 0 Å². The molecule has 2 atom stereocenters. The predicted molar refractivity (Wildman–Crippen MR) is 139 cm³/mol. The van der Waals surface area contributed by atoms with E-state index in [-0.39, 0.29) is 40.5 Å². The highest BCUT2D eigenvalue weighted by atomic mass is 32.2. The number of rotatable bonds is 7. The largest absolute Gasteiger partial charge is 0.252 e. The highest BCUT2D eigenvalue weighted by molar-refractivity contribution is 7.91. The molecule has 9 nitrogen and oxygen atoms in total. The van der Waals surface area contributed by atoms with Crippen LogP contribution in [0.3, 0.4) is 0 Å². The fourth-order valence-corrected chi connectivity index (χ4v) is 7.13. The van der Waals surface area contributed by atoms with Gasteiger partial charge in [-0.15, -0.1) is 10.2 Å². The highest BCUT2D eigenvalue weighted by Crippen LogP contribution is 2.69. The van der Waals surface area contributed by atoms with Gasteiger partial charge < -0.3 is 0 Å². The molecular formula is C27H27F2N7O2S. The SMILES string of the molecule is CCS(=O)(=O)CCc1ncn(-c2nccc([C@@]34CC[C@@H](c5cc(-c6c(F)cccc6F)nnc53)C4(C)C)n2)n1. The Morgan fingerprint density at radius 2 is 1.87 bits per heavy atom. The highest BCUT2D eigenvalue weighted by Gasteiger charge is 2.65. The minimum atomic E-state index is -3.14. The van der Waals surface area contributed by atoms with Crippen LogP contribution in [0.1, 0.15) is 62.3 Å². The lowest BCUT2D eigenvalue weighted by Gasteiger charge is -2.37. The summed E-state index contributed by atoms with van der Waals surface area (Å²) < 4.78 is 54.3. The first kappa shape index (κ1) is 25.6. The molecule has 202 valence electrons. The standard InChI is InChI=1S/C27H27F2N7O2S/c1-4-39(37,38)13-10-22-31-15-36(35-22)25-30-12-9-21(32-25)27-11-8-17(26(27,2)3)16-14-20(33-34-24(16)27)23-18(28)6-5-7-19(23)29/h5-7,9,12,14-15,17H,4,8,10-11,13H2,1-3H3/t17-,27-/m0/s1. The molecule has 0 saturated heterocycles. The molecule has 3 aromatic heterocycles. The monoisotopic (exact) mass is 551 g/mol. The van der Waals surface area contributed by atoms with Crippen molar-refractivity contribution >= 4 is 9.84 Å². The second kappa shape index (κ2) is 8.94. The first-order valence-electron chi connectivity index (χ1n) is 12.8. The average Bonchev–Trinajstić information content (AvgIpc) is 3.55. The number of hydrogen-bond acceptors (Lipinski definition) is 8. The molecule has 3 heterocycles. The molecule has 2 aliphatic carbocycles. The number of sulfone groups is 1. The zero-order valence-electron chi connectivity index (χ0n) is 21.8. The van der Waals surface area contributed by atoms with Crippen LogP contribution in [0.15, 0.2) is 42.9 Å². The van der Waals surface area contributed by atoms with Crippen LogP contribution < -0.4 is 0 Å². The molecule has 2 bridgehead atoms. The van der Waals surface area contributed by atoms with Crippen LogP contribution in [-0.2, 0) is 21.7 Å². The summed E-state index contributed by atoms with van der Waals surface area (Å²) in [5.74, 6) is -0.508. The number of nitrogens with zero attached hydrogens (tertiary/aromatic N) is 7. The van der Waals surface area contributed by atoms with Crippen molar-refractivity contribution in [2.45, 2.75) is 51.4 Å². The van der Waals surface area contributed by atoms with Crippen LogP contribution in [0.4, 0.5) is 8.78 Å². The van der Waals surface area contributed by atoms with Crippen LogP contribution in [0.5, 0.6) is 0 Å². The summed E-state index contributed by atoms with van der Waals surface area (Å²) in [5.41, 5.74) is 1.56. The maximum Gasteiger partial charge on any atom is 0.252 e. The van der Waals surface area contributed by atoms with Gasteiger partial charge in [-0.3, -0.25) is 0 Å². The third-order valence-corrected chi connectivity index (χ3v) is 10.2. The van der Waals surface area contributed by atoms with Crippen molar-refractivity contribution in [2.75, 3.05) is 11.5 Å². The van der Waals surface area contributed by atoms with E-state index in [1.54, 1.807) is 19.2 Å². The molecule has 0 N–H and O–H groups in total. The fraction of sp³-hybridized carbons (Fsp3) is 0.407. The molecule has 12 heteroatoms. The number of hydrogen-bond donors (Lipinski definition) is 0. The Morgan fingerprint density at radius 1 is 1.10 bits per heavy atom. The molecule has 0 radical (unpaired) electrons. The van der Waals surface area contributed by atoms with Crippen LogP contribution >= 0.6 is 0 Å². The molecule has 0 unspecified atom stereocenters. The minimum absolute atomic E-state index is 0.0265. The summed E-state index contributed by atoms with van der Waals surface area (Å²) in [6.45, 7) is 5.94. The van der Waals surface area contributed by atoms with E-state index in [0.29, 0.717) is 11.8 Å². The molecule has 0 spiro atoms. The van der Waals surface area contributed by atoms with Gasteiger partial charge in [-0.1, -0.05) is 26.8 Å². The first-order chi connectivity index (χ1) is 18.6. The van der Waals surface area contributed by atoms with Crippen LogP contribution in [0.25, 0.3) is 17.2 Å². The molecule has 1 saturated carbocycles. The van der Waals surface area contributed by atoms with Gasteiger partial charge in [-0.25, -0.2) is 32.2 Å². The summed E-state index contributed by atoms with van der Waals surface area (Å²) >= 11 is 0. The molecule has 39 heavy (non-hydrogen) atoms. The van der Waals surface area contributed by atoms with Crippen LogP contribution in [-0.4, -0.2) is 54.9 Å². The topological polar surface area (TPSA) is 116 Å². The second-order valence-electron chi connectivity index (χ2n) is 10.7. The zero-order chi connectivity index (χ0) is 27.6. The quantitative estimate of drug-likeness (QED) is 0.339. The summed E-state index contributed by atoms with van der Waals surface area (Å²) in [5, 5.41) is 13.3. The second-order valence-corrected chi connectivity index (χ2v) is 13.2. The van der Waals surface area contributed by atoms with E-state index in [2.05, 4.69) is 39.1 Å². The van der Waals surface area contributed by atoms with Gasteiger partial charge >= 0.3 is 0 Å². The van der Waals surface area contributed by atoms with E-state index in [4.69, 9.17) is 4.98 Å². The Morgan fingerprint density at radius 3 is 2.62 bits per heavy atom. The van der Waals surface area contributed by atoms with Crippen LogP contribution in [0.2, 0.25) is 0 Å². The Kier molecular flexibility index (Phi) is 5.87. The van der Waals surface area contributed by atoms with Gasteiger partial charge in [0.2, 0.25) is 0 Å². The maximum absolute atomic E-state index is 14.5. The maximum atomic E-state index is 14.5. The van der Waals surface area contributed by atoms with E-state index in [9.17, 15) is 17.2 Å². The van der Waals surface area contributed by atoms with Gasteiger partial charge in [0.1, 0.15) is 27.8 Å². The summed E-state index contributed by atoms with van der Waals surface area (Å²) in [7, 11) is -3.14. The molecule has 0 aliphatic heterocycles. The number of aryl methyl sites for hydroxylation is 1. The van der Waals surface area contributed by atoms with Crippen molar-refractivity contribution in [3.05, 3.63) is 77.3 Å². The zero-order valence-corrected chi connectivity index (χ0v) is 22.6. The van der Waals surface area contributed by atoms with Gasteiger partial charge in [0.15, 0.2) is 5.82 Å². The van der Waals surface area contributed by atoms with E-state index in [1.165, 1.54) is 29.2 Å². The van der Waals surface area contributed by atoms with Crippen LogP contribution in [0, 0.1) is 17.0 Å². The predicted octanol–water partition coefficient (Wildman–Crippen LogP) is 3.97.